The zero-order chi connectivity index (χ0) is 21.3. The van der Waals surface area contributed by atoms with E-state index in [2.05, 4.69) is 31.3 Å². The Morgan fingerprint density at radius 3 is 2.27 bits per heavy atom. The molecule has 0 spiro atoms. The Labute approximate surface area is 183 Å². The monoisotopic (exact) mass is 460 g/mol. The van der Waals surface area contributed by atoms with Crippen LogP contribution >= 0.6 is 15.9 Å². The fourth-order valence-electron chi connectivity index (χ4n) is 3.11. The molecule has 0 saturated heterocycles. The number of carbonyl (C=O) groups is 1. The van der Waals surface area contributed by atoms with Crippen molar-refractivity contribution in [1.29, 1.82) is 0 Å². The Hall–Kier alpha value is -3.25. The molecule has 4 aromatic rings. The normalized spacial score (nSPS) is 10.8. The van der Waals surface area contributed by atoms with Crippen LogP contribution in [-0.4, -0.2) is 20.7 Å². The summed E-state index contributed by atoms with van der Waals surface area (Å²) < 4.78 is 2.68. The van der Waals surface area contributed by atoms with Crippen molar-refractivity contribution in [1.82, 2.24) is 14.8 Å². The van der Waals surface area contributed by atoms with E-state index in [0.29, 0.717) is 5.82 Å². The number of benzene rings is 3. The first-order chi connectivity index (χ1) is 14.4. The second kappa shape index (κ2) is 8.24. The number of carbonyl (C=O) groups excluding carboxylic acids is 1. The second-order valence-corrected chi connectivity index (χ2v) is 8.20. The van der Waals surface area contributed by atoms with Gasteiger partial charge in [-0.2, -0.15) is 0 Å². The highest BCUT2D eigenvalue weighted by Crippen LogP contribution is 2.24. The number of nitrogens with zero attached hydrogens (tertiary/aromatic N) is 3. The fourth-order valence-corrected chi connectivity index (χ4v) is 3.37. The van der Waals surface area contributed by atoms with Crippen molar-refractivity contribution in [2.75, 3.05) is 5.32 Å². The van der Waals surface area contributed by atoms with E-state index in [0.717, 1.165) is 38.1 Å². The molecule has 150 valence electrons. The summed E-state index contributed by atoms with van der Waals surface area (Å²) in [4.78, 5) is 17.5. The van der Waals surface area contributed by atoms with E-state index in [1.54, 1.807) is 4.68 Å². The number of halogens is 1. The molecule has 0 atom stereocenters. The molecule has 0 fully saturated rings. The van der Waals surface area contributed by atoms with Crippen LogP contribution < -0.4 is 5.32 Å². The van der Waals surface area contributed by atoms with Crippen molar-refractivity contribution < 1.29 is 4.79 Å². The molecule has 1 N–H and O–H groups in total. The van der Waals surface area contributed by atoms with Crippen molar-refractivity contribution >= 4 is 27.5 Å². The highest BCUT2D eigenvalue weighted by Gasteiger charge is 2.19. The highest BCUT2D eigenvalue weighted by molar-refractivity contribution is 9.10. The lowest BCUT2D eigenvalue weighted by Crippen LogP contribution is -2.15. The Balaban J connectivity index is 1.76. The van der Waals surface area contributed by atoms with Crippen LogP contribution in [0.25, 0.3) is 17.1 Å². The summed E-state index contributed by atoms with van der Waals surface area (Å²) in [6.07, 6.45) is 0. The fraction of sp³-hybridized carbons (Fsp3) is 0.125. The molecule has 0 radical (unpaired) electrons. The summed E-state index contributed by atoms with van der Waals surface area (Å²) >= 11 is 3.46. The third-order valence-corrected chi connectivity index (χ3v) is 5.36. The number of aromatic nitrogens is 3. The van der Waals surface area contributed by atoms with E-state index in [4.69, 9.17) is 0 Å². The van der Waals surface area contributed by atoms with Crippen LogP contribution in [0, 0.1) is 20.8 Å². The zero-order valence-electron chi connectivity index (χ0n) is 17.0. The number of anilines is 1. The Morgan fingerprint density at radius 1 is 0.900 bits per heavy atom. The molecule has 3 aromatic carbocycles. The zero-order valence-corrected chi connectivity index (χ0v) is 18.6. The van der Waals surface area contributed by atoms with Crippen LogP contribution in [0.3, 0.4) is 0 Å². The quantitative estimate of drug-likeness (QED) is 0.413. The number of rotatable bonds is 4. The maximum Gasteiger partial charge on any atom is 0.295 e. The Kier molecular flexibility index (Phi) is 5.50. The summed E-state index contributed by atoms with van der Waals surface area (Å²) in [5.74, 6) is 0.389. The predicted octanol–water partition coefficient (Wildman–Crippen LogP) is 5.87. The predicted molar refractivity (Wildman–Crippen MR) is 123 cm³/mol. The number of aryl methyl sites for hydroxylation is 3. The van der Waals surface area contributed by atoms with E-state index in [9.17, 15) is 4.79 Å². The minimum Gasteiger partial charge on any atom is -0.319 e. The highest BCUT2D eigenvalue weighted by atomic mass is 79.9. The summed E-state index contributed by atoms with van der Waals surface area (Å²) in [7, 11) is 0. The van der Waals surface area contributed by atoms with Crippen molar-refractivity contribution in [3.8, 4) is 17.1 Å². The van der Waals surface area contributed by atoms with Crippen LogP contribution in [0.5, 0.6) is 0 Å². The number of nitrogens with one attached hydrogen (secondary N) is 1. The maximum atomic E-state index is 13.0. The molecular formula is C24H21BrN4O. The number of hydrogen-bond acceptors (Lipinski definition) is 3. The number of hydrogen-bond donors (Lipinski definition) is 1. The van der Waals surface area contributed by atoms with Gasteiger partial charge < -0.3 is 5.32 Å². The molecule has 1 amide bonds. The molecule has 0 saturated carbocycles. The molecule has 0 unspecified atom stereocenters. The molecule has 0 bridgehead atoms. The van der Waals surface area contributed by atoms with Crippen LogP contribution in [0.4, 0.5) is 5.69 Å². The first-order valence-corrected chi connectivity index (χ1v) is 10.4. The van der Waals surface area contributed by atoms with Crippen LogP contribution in [-0.2, 0) is 0 Å². The van der Waals surface area contributed by atoms with Crippen LogP contribution in [0.1, 0.15) is 27.3 Å². The third-order valence-electron chi connectivity index (χ3n) is 4.83. The van der Waals surface area contributed by atoms with Gasteiger partial charge in [-0.3, -0.25) is 4.79 Å². The van der Waals surface area contributed by atoms with Gasteiger partial charge in [-0.1, -0.05) is 57.9 Å². The molecule has 6 heteroatoms. The summed E-state index contributed by atoms with van der Waals surface area (Å²) in [6, 6.07) is 21.7. The number of amides is 1. The van der Waals surface area contributed by atoms with Gasteiger partial charge in [0.05, 0.1) is 5.69 Å². The van der Waals surface area contributed by atoms with E-state index >= 15 is 0 Å². The summed E-state index contributed by atoms with van der Waals surface area (Å²) in [5.41, 5.74) is 5.69. The van der Waals surface area contributed by atoms with Gasteiger partial charge >= 0.3 is 0 Å². The van der Waals surface area contributed by atoms with Gasteiger partial charge in [-0.15, -0.1) is 5.10 Å². The standard InChI is InChI=1S/C24H21BrN4O/c1-15-5-12-20(13-6-15)29-23(18-8-10-19(25)11-9-18)27-22(28-29)24(30)26-21-14-16(2)4-7-17(21)3/h4-14H,1-3H3,(H,26,30). The van der Waals surface area contributed by atoms with Crippen molar-refractivity contribution in [3.05, 3.63) is 93.7 Å². The SMILES string of the molecule is Cc1ccc(-n2nc(C(=O)Nc3cc(C)ccc3C)nc2-c2ccc(Br)cc2)cc1. The van der Waals surface area contributed by atoms with Crippen molar-refractivity contribution in [3.63, 3.8) is 0 Å². The van der Waals surface area contributed by atoms with Crippen LogP contribution in [0.2, 0.25) is 0 Å². The molecule has 0 aliphatic heterocycles. The van der Waals surface area contributed by atoms with E-state index in [-0.39, 0.29) is 11.7 Å². The molecule has 30 heavy (non-hydrogen) atoms. The van der Waals surface area contributed by atoms with E-state index < -0.39 is 0 Å². The lowest BCUT2D eigenvalue weighted by Gasteiger charge is -2.07. The van der Waals surface area contributed by atoms with E-state index in [1.807, 2.05) is 87.5 Å². The molecule has 0 aliphatic rings. The lowest BCUT2D eigenvalue weighted by atomic mass is 10.1. The molecule has 1 heterocycles. The van der Waals surface area contributed by atoms with E-state index in [1.165, 1.54) is 0 Å². The Bertz CT molecular complexity index is 1150. The topological polar surface area (TPSA) is 59.8 Å². The third kappa shape index (κ3) is 4.19. The maximum absolute atomic E-state index is 13.0. The first kappa shape index (κ1) is 20.0. The van der Waals surface area contributed by atoms with Gasteiger partial charge in [-0.25, -0.2) is 9.67 Å². The van der Waals surface area contributed by atoms with Gasteiger partial charge in [0.25, 0.3) is 5.91 Å². The van der Waals surface area contributed by atoms with Crippen LogP contribution in [0.15, 0.2) is 71.2 Å². The largest absolute Gasteiger partial charge is 0.319 e. The molecule has 0 aliphatic carbocycles. The molecule has 5 nitrogen and oxygen atoms in total. The van der Waals surface area contributed by atoms with Gasteiger partial charge in [-0.05, 0) is 62.2 Å². The molecule has 1 aromatic heterocycles. The van der Waals surface area contributed by atoms with Gasteiger partial charge in [0.2, 0.25) is 5.82 Å². The van der Waals surface area contributed by atoms with Gasteiger partial charge in [0, 0.05) is 15.7 Å². The second-order valence-electron chi connectivity index (χ2n) is 7.29. The molecule has 4 rings (SSSR count). The minimum absolute atomic E-state index is 0.120. The summed E-state index contributed by atoms with van der Waals surface area (Å²) in [5, 5.41) is 7.48. The minimum atomic E-state index is -0.340. The molecular weight excluding hydrogens is 440 g/mol. The van der Waals surface area contributed by atoms with Crippen molar-refractivity contribution in [2.45, 2.75) is 20.8 Å². The average Bonchev–Trinajstić information content (AvgIpc) is 3.17. The van der Waals surface area contributed by atoms with Gasteiger partial charge in [0.1, 0.15) is 0 Å². The first-order valence-electron chi connectivity index (χ1n) is 9.59. The average molecular weight is 461 g/mol. The summed E-state index contributed by atoms with van der Waals surface area (Å²) in [6.45, 7) is 5.98. The smallest absolute Gasteiger partial charge is 0.295 e. The lowest BCUT2D eigenvalue weighted by molar-refractivity contribution is 0.101. The van der Waals surface area contributed by atoms with Crippen molar-refractivity contribution in [2.24, 2.45) is 0 Å². The Morgan fingerprint density at radius 2 is 1.57 bits per heavy atom. The van der Waals surface area contributed by atoms with Gasteiger partial charge in [0.15, 0.2) is 5.82 Å².